The van der Waals surface area contributed by atoms with Crippen LogP contribution in [0.2, 0.25) is 5.02 Å². The number of likely N-dealkylation sites (N-methyl/N-ethyl adjacent to an activating group) is 1. The lowest BCUT2D eigenvalue weighted by Crippen LogP contribution is -2.29. The maximum Gasteiger partial charge on any atom is 0.238 e. The van der Waals surface area contributed by atoms with Crippen molar-refractivity contribution >= 4 is 23.2 Å². The molecule has 1 amide bonds. The summed E-state index contributed by atoms with van der Waals surface area (Å²) in [5.74, 6) is 2.58. The van der Waals surface area contributed by atoms with E-state index >= 15 is 0 Å². The second-order valence-electron chi connectivity index (χ2n) is 6.56. The first-order valence-corrected chi connectivity index (χ1v) is 9.41. The molecule has 0 saturated heterocycles. The van der Waals surface area contributed by atoms with Crippen LogP contribution in [0.15, 0.2) is 59.0 Å². The van der Waals surface area contributed by atoms with Crippen molar-refractivity contribution in [3.63, 3.8) is 0 Å². The minimum absolute atomic E-state index is 0.152. The Bertz CT molecular complexity index is 969. The normalized spacial score (nSPS) is 10.8. The lowest BCUT2D eigenvalue weighted by atomic mass is 10.2. The number of nitrogens with one attached hydrogen (secondary N) is 1. The molecule has 7 heteroatoms. The number of rotatable bonds is 8. The predicted octanol–water partition coefficient (Wildman–Crippen LogP) is 4.69. The zero-order valence-corrected chi connectivity index (χ0v) is 17.3. The van der Waals surface area contributed by atoms with Gasteiger partial charge in [0.2, 0.25) is 5.91 Å². The van der Waals surface area contributed by atoms with Crippen molar-refractivity contribution < 1.29 is 18.7 Å². The first-order chi connectivity index (χ1) is 14.0. The standard InChI is InChI=1S/C22H23ClN2O4/c1-25(13-18-9-11-20(29-18)15-4-6-16(23)7-5-15)14-22(26)24-19-10-8-17(27-2)12-21(19)28-3/h4-12H,13-14H2,1-3H3,(H,24,26). The minimum Gasteiger partial charge on any atom is -0.497 e. The Balaban J connectivity index is 1.57. The number of anilines is 1. The summed E-state index contributed by atoms with van der Waals surface area (Å²) in [6.45, 7) is 0.701. The molecule has 1 aromatic heterocycles. The number of nitrogens with zero attached hydrogens (tertiary/aromatic N) is 1. The molecule has 3 rings (SSSR count). The molecule has 29 heavy (non-hydrogen) atoms. The monoisotopic (exact) mass is 414 g/mol. The Kier molecular flexibility index (Phi) is 6.80. The quantitative estimate of drug-likeness (QED) is 0.579. The lowest BCUT2D eigenvalue weighted by Gasteiger charge is -2.16. The molecule has 0 atom stereocenters. The maximum absolute atomic E-state index is 12.4. The third kappa shape index (κ3) is 5.53. The topological polar surface area (TPSA) is 63.9 Å². The van der Waals surface area contributed by atoms with E-state index in [2.05, 4.69) is 5.32 Å². The van der Waals surface area contributed by atoms with Crippen molar-refractivity contribution in [1.82, 2.24) is 4.90 Å². The lowest BCUT2D eigenvalue weighted by molar-refractivity contribution is -0.117. The summed E-state index contributed by atoms with van der Waals surface area (Å²) in [5.41, 5.74) is 1.54. The van der Waals surface area contributed by atoms with Gasteiger partial charge in [-0.25, -0.2) is 0 Å². The highest BCUT2D eigenvalue weighted by atomic mass is 35.5. The molecule has 6 nitrogen and oxygen atoms in total. The summed E-state index contributed by atoms with van der Waals surface area (Å²) < 4.78 is 16.4. The van der Waals surface area contributed by atoms with Gasteiger partial charge in [-0.1, -0.05) is 11.6 Å². The van der Waals surface area contributed by atoms with E-state index in [0.29, 0.717) is 28.8 Å². The summed E-state index contributed by atoms with van der Waals surface area (Å²) in [6.07, 6.45) is 0. The summed E-state index contributed by atoms with van der Waals surface area (Å²) in [7, 11) is 4.98. The Morgan fingerprint density at radius 1 is 1.07 bits per heavy atom. The molecule has 0 fully saturated rings. The fraction of sp³-hybridized carbons (Fsp3) is 0.227. The smallest absolute Gasteiger partial charge is 0.238 e. The summed E-state index contributed by atoms with van der Waals surface area (Å²) in [4.78, 5) is 14.3. The van der Waals surface area contributed by atoms with Crippen LogP contribution in [0.1, 0.15) is 5.76 Å². The predicted molar refractivity (Wildman–Crippen MR) is 114 cm³/mol. The molecule has 0 aliphatic carbocycles. The van der Waals surface area contributed by atoms with Gasteiger partial charge in [0, 0.05) is 16.7 Å². The molecule has 3 aromatic rings. The van der Waals surface area contributed by atoms with E-state index in [1.807, 2.05) is 48.3 Å². The Hall–Kier alpha value is -2.96. The average Bonchev–Trinajstić information content (AvgIpc) is 3.16. The van der Waals surface area contributed by atoms with Crippen molar-refractivity contribution in [3.8, 4) is 22.8 Å². The van der Waals surface area contributed by atoms with Crippen molar-refractivity contribution in [2.45, 2.75) is 6.54 Å². The van der Waals surface area contributed by atoms with Crippen LogP contribution < -0.4 is 14.8 Å². The van der Waals surface area contributed by atoms with Gasteiger partial charge >= 0.3 is 0 Å². The van der Waals surface area contributed by atoms with Crippen molar-refractivity contribution in [2.24, 2.45) is 0 Å². The largest absolute Gasteiger partial charge is 0.497 e. The number of benzene rings is 2. The van der Waals surface area contributed by atoms with Gasteiger partial charge < -0.3 is 19.2 Å². The molecule has 0 aliphatic rings. The number of halogens is 1. The van der Waals surface area contributed by atoms with Crippen LogP contribution in [-0.4, -0.2) is 38.6 Å². The molecular weight excluding hydrogens is 392 g/mol. The zero-order chi connectivity index (χ0) is 20.8. The summed E-state index contributed by atoms with van der Waals surface area (Å²) >= 11 is 5.92. The number of hydrogen-bond donors (Lipinski definition) is 1. The van der Waals surface area contributed by atoms with Gasteiger partial charge in [0.25, 0.3) is 0 Å². The van der Waals surface area contributed by atoms with Gasteiger partial charge in [-0.05, 0) is 55.6 Å². The fourth-order valence-corrected chi connectivity index (χ4v) is 3.02. The molecule has 1 heterocycles. The van der Waals surface area contributed by atoms with Crippen LogP contribution in [0.5, 0.6) is 11.5 Å². The molecule has 0 unspecified atom stereocenters. The van der Waals surface area contributed by atoms with Gasteiger partial charge in [0.1, 0.15) is 23.0 Å². The number of amides is 1. The Labute approximate surface area is 175 Å². The van der Waals surface area contributed by atoms with Crippen LogP contribution in [0.4, 0.5) is 5.69 Å². The number of carbonyl (C=O) groups is 1. The summed E-state index contributed by atoms with van der Waals surface area (Å²) in [6, 6.07) is 16.5. The third-order valence-corrected chi connectivity index (χ3v) is 4.56. The molecular formula is C22H23ClN2O4. The first-order valence-electron chi connectivity index (χ1n) is 9.03. The van der Waals surface area contributed by atoms with Gasteiger partial charge in [-0.15, -0.1) is 0 Å². The van der Waals surface area contributed by atoms with Crippen LogP contribution in [0.3, 0.4) is 0 Å². The fourth-order valence-electron chi connectivity index (χ4n) is 2.89. The zero-order valence-electron chi connectivity index (χ0n) is 16.6. The van der Waals surface area contributed by atoms with E-state index in [9.17, 15) is 4.79 Å². The van der Waals surface area contributed by atoms with Gasteiger partial charge in [-0.2, -0.15) is 0 Å². The molecule has 1 N–H and O–H groups in total. The highest BCUT2D eigenvalue weighted by Crippen LogP contribution is 2.29. The highest BCUT2D eigenvalue weighted by molar-refractivity contribution is 6.30. The van der Waals surface area contributed by atoms with E-state index in [1.54, 1.807) is 32.4 Å². The molecule has 0 aliphatic heterocycles. The third-order valence-electron chi connectivity index (χ3n) is 4.31. The summed E-state index contributed by atoms with van der Waals surface area (Å²) in [5, 5.41) is 3.54. The Morgan fingerprint density at radius 2 is 1.83 bits per heavy atom. The molecule has 152 valence electrons. The molecule has 0 radical (unpaired) electrons. The number of carbonyl (C=O) groups excluding carboxylic acids is 1. The van der Waals surface area contributed by atoms with Gasteiger partial charge in [0.05, 0.1) is 33.0 Å². The average molecular weight is 415 g/mol. The number of methoxy groups -OCH3 is 2. The van der Waals surface area contributed by atoms with E-state index in [0.717, 1.165) is 17.1 Å². The first kappa shape index (κ1) is 20.8. The van der Waals surface area contributed by atoms with Crippen LogP contribution in [0.25, 0.3) is 11.3 Å². The number of hydrogen-bond acceptors (Lipinski definition) is 5. The van der Waals surface area contributed by atoms with Gasteiger partial charge in [0.15, 0.2) is 0 Å². The van der Waals surface area contributed by atoms with Crippen LogP contribution in [0, 0.1) is 0 Å². The van der Waals surface area contributed by atoms with E-state index in [4.69, 9.17) is 25.5 Å². The molecule has 0 saturated carbocycles. The number of ether oxygens (including phenoxy) is 2. The maximum atomic E-state index is 12.4. The molecule has 0 bridgehead atoms. The van der Waals surface area contributed by atoms with Gasteiger partial charge in [-0.3, -0.25) is 9.69 Å². The van der Waals surface area contributed by atoms with E-state index in [1.165, 1.54) is 0 Å². The van der Waals surface area contributed by atoms with E-state index < -0.39 is 0 Å². The number of furan rings is 1. The minimum atomic E-state index is -0.152. The Morgan fingerprint density at radius 3 is 2.52 bits per heavy atom. The van der Waals surface area contributed by atoms with Crippen molar-refractivity contribution in [3.05, 3.63) is 65.4 Å². The van der Waals surface area contributed by atoms with Crippen LogP contribution in [-0.2, 0) is 11.3 Å². The SMILES string of the molecule is COc1ccc(NC(=O)CN(C)Cc2ccc(-c3ccc(Cl)cc3)o2)c(OC)c1. The van der Waals surface area contributed by atoms with Crippen molar-refractivity contribution in [1.29, 1.82) is 0 Å². The second-order valence-corrected chi connectivity index (χ2v) is 7.00. The van der Waals surface area contributed by atoms with Crippen molar-refractivity contribution in [2.75, 3.05) is 33.1 Å². The van der Waals surface area contributed by atoms with Crippen LogP contribution >= 0.6 is 11.6 Å². The highest BCUT2D eigenvalue weighted by Gasteiger charge is 2.13. The molecule has 2 aromatic carbocycles. The second kappa shape index (κ2) is 9.49. The van der Waals surface area contributed by atoms with E-state index in [-0.39, 0.29) is 12.5 Å². The molecule has 0 spiro atoms.